The van der Waals surface area contributed by atoms with Gasteiger partial charge in [0.05, 0.1) is 5.56 Å². The maximum absolute atomic E-state index is 12.2. The Balaban J connectivity index is 2.04. The second-order valence-corrected chi connectivity index (χ2v) is 6.44. The van der Waals surface area contributed by atoms with Crippen molar-refractivity contribution in [1.29, 1.82) is 0 Å². The fourth-order valence-electron chi connectivity index (χ4n) is 2.24. The molecule has 0 fully saturated rings. The van der Waals surface area contributed by atoms with Gasteiger partial charge in [-0.2, -0.15) is 0 Å². The van der Waals surface area contributed by atoms with E-state index in [1.54, 1.807) is 30.3 Å². The monoisotopic (exact) mass is 365 g/mol. The molecule has 0 aliphatic heterocycles. The second-order valence-electron chi connectivity index (χ2n) is 5.57. The third-order valence-electron chi connectivity index (χ3n) is 3.24. The van der Waals surface area contributed by atoms with E-state index in [4.69, 9.17) is 27.9 Å². The molecule has 4 nitrogen and oxygen atoms in total. The number of nitrogens with one attached hydrogen (secondary N) is 1. The Hall–Kier alpha value is -2.04. The number of ether oxygens (including phenoxy) is 1. The first-order chi connectivity index (χ1) is 11.2. The smallest absolute Gasteiger partial charge is 0.338 e. The van der Waals surface area contributed by atoms with Gasteiger partial charge in [0.25, 0.3) is 5.91 Å². The quantitative estimate of drug-likeness (QED) is 0.792. The summed E-state index contributed by atoms with van der Waals surface area (Å²) in [4.78, 5) is 24.3. The molecule has 0 spiro atoms. The number of carbonyl (C=O) groups is 2. The zero-order valence-electron chi connectivity index (χ0n) is 13.5. The van der Waals surface area contributed by atoms with E-state index in [1.807, 2.05) is 19.9 Å². The summed E-state index contributed by atoms with van der Waals surface area (Å²) < 4.78 is 5.22. The maximum Gasteiger partial charge on any atom is 0.338 e. The number of aryl methyl sites for hydroxylation is 2. The summed E-state index contributed by atoms with van der Waals surface area (Å²) in [5.74, 6) is -1.01. The molecule has 0 saturated carbocycles. The molecule has 0 aliphatic rings. The SMILES string of the molecule is Cc1cc(C)cc(C(=O)O[C@H](C)C(=O)Nc2cc(Cl)cc(Cl)c2)c1. The lowest BCUT2D eigenvalue weighted by atomic mass is 10.1. The summed E-state index contributed by atoms with van der Waals surface area (Å²) in [6, 6.07) is 10.1. The zero-order valence-corrected chi connectivity index (χ0v) is 15.0. The Morgan fingerprint density at radius 3 is 2.04 bits per heavy atom. The lowest BCUT2D eigenvalue weighted by Gasteiger charge is -2.14. The van der Waals surface area contributed by atoms with Gasteiger partial charge in [0.15, 0.2) is 6.10 Å². The van der Waals surface area contributed by atoms with Crippen LogP contribution in [-0.4, -0.2) is 18.0 Å². The van der Waals surface area contributed by atoms with Crippen molar-refractivity contribution in [2.45, 2.75) is 26.9 Å². The fraction of sp³-hybridized carbons (Fsp3) is 0.222. The zero-order chi connectivity index (χ0) is 17.9. The fourth-order valence-corrected chi connectivity index (χ4v) is 2.77. The van der Waals surface area contributed by atoms with Crippen LogP contribution in [0, 0.1) is 13.8 Å². The van der Waals surface area contributed by atoms with Crippen molar-refractivity contribution in [2.75, 3.05) is 5.32 Å². The number of esters is 1. The molecular weight excluding hydrogens is 349 g/mol. The van der Waals surface area contributed by atoms with Gasteiger partial charge in [0.1, 0.15) is 0 Å². The van der Waals surface area contributed by atoms with Crippen LogP contribution in [0.5, 0.6) is 0 Å². The Kier molecular flexibility index (Phi) is 5.86. The molecule has 24 heavy (non-hydrogen) atoms. The Labute approximate surface area is 150 Å². The van der Waals surface area contributed by atoms with E-state index >= 15 is 0 Å². The van der Waals surface area contributed by atoms with E-state index < -0.39 is 18.0 Å². The van der Waals surface area contributed by atoms with Gasteiger partial charge in [-0.3, -0.25) is 4.79 Å². The van der Waals surface area contributed by atoms with Crippen molar-refractivity contribution in [3.8, 4) is 0 Å². The highest BCUT2D eigenvalue weighted by atomic mass is 35.5. The molecule has 0 radical (unpaired) electrons. The van der Waals surface area contributed by atoms with Crippen LogP contribution in [0.25, 0.3) is 0 Å². The molecule has 0 saturated heterocycles. The standard InChI is InChI=1S/C18H17Cl2NO3/c1-10-4-11(2)6-13(5-10)18(23)24-12(3)17(22)21-16-8-14(19)7-15(20)9-16/h4-9,12H,1-3H3,(H,21,22)/t12-/m1/s1. The molecule has 1 N–H and O–H groups in total. The van der Waals surface area contributed by atoms with E-state index in [9.17, 15) is 9.59 Å². The highest BCUT2D eigenvalue weighted by Crippen LogP contribution is 2.22. The Bertz CT molecular complexity index is 749. The second kappa shape index (κ2) is 7.69. The molecule has 2 aromatic carbocycles. The van der Waals surface area contributed by atoms with Crippen LogP contribution < -0.4 is 5.32 Å². The average molecular weight is 366 g/mol. The van der Waals surface area contributed by atoms with E-state index in [2.05, 4.69) is 5.32 Å². The van der Waals surface area contributed by atoms with Crippen LogP contribution in [0.3, 0.4) is 0 Å². The molecule has 2 aromatic rings. The highest BCUT2D eigenvalue weighted by Gasteiger charge is 2.19. The molecule has 0 aliphatic carbocycles. The normalized spacial score (nSPS) is 11.7. The van der Waals surface area contributed by atoms with Crippen LogP contribution in [0.1, 0.15) is 28.4 Å². The summed E-state index contributed by atoms with van der Waals surface area (Å²) in [7, 11) is 0. The molecule has 1 amide bonds. The van der Waals surface area contributed by atoms with Crippen LogP contribution in [0.2, 0.25) is 10.0 Å². The van der Waals surface area contributed by atoms with Gasteiger partial charge in [-0.25, -0.2) is 4.79 Å². The summed E-state index contributed by atoms with van der Waals surface area (Å²) in [6.45, 7) is 5.29. The number of hydrogen-bond acceptors (Lipinski definition) is 3. The lowest BCUT2D eigenvalue weighted by molar-refractivity contribution is -0.123. The minimum absolute atomic E-state index is 0.401. The van der Waals surface area contributed by atoms with E-state index in [0.717, 1.165) is 11.1 Å². The van der Waals surface area contributed by atoms with Gasteiger partial charge in [-0.1, -0.05) is 40.4 Å². The largest absolute Gasteiger partial charge is 0.449 e. The van der Waals surface area contributed by atoms with E-state index in [1.165, 1.54) is 6.92 Å². The van der Waals surface area contributed by atoms with E-state index in [0.29, 0.717) is 21.3 Å². The van der Waals surface area contributed by atoms with Crippen molar-refractivity contribution in [2.24, 2.45) is 0 Å². The van der Waals surface area contributed by atoms with Crippen molar-refractivity contribution in [3.05, 3.63) is 63.1 Å². The molecule has 1 atom stereocenters. The first-order valence-corrected chi connectivity index (χ1v) is 8.06. The molecule has 0 aromatic heterocycles. The van der Waals surface area contributed by atoms with Crippen LogP contribution >= 0.6 is 23.2 Å². The first-order valence-electron chi connectivity index (χ1n) is 7.31. The molecule has 126 valence electrons. The van der Waals surface area contributed by atoms with Gasteiger partial charge < -0.3 is 10.1 Å². The molecular formula is C18H17Cl2NO3. The summed E-state index contributed by atoms with van der Waals surface area (Å²) in [5, 5.41) is 3.42. The maximum atomic E-state index is 12.2. The topological polar surface area (TPSA) is 55.4 Å². The molecule has 2 rings (SSSR count). The number of hydrogen-bond donors (Lipinski definition) is 1. The van der Waals surface area contributed by atoms with Gasteiger partial charge in [0.2, 0.25) is 0 Å². The minimum atomic E-state index is -0.962. The average Bonchev–Trinajstić information content (AvgIpc) is 2.44. The van der Waals surface area contributed by atoms with Crippen LogP contribution in [-0.2, 0) is 9.53 Å². The molecule has 0 bridgehead atoms. The minimum Gasteiger partial charge on any atom is -0.449 e. The number of halogens is 2. The van der Waals surface area contributed by atoms with Gasteiger partial charge >= 0.3 is 5.97 Å². The third kappa shape index (κ3) is 4.98. The Morgan fingerprint density at radius 2 is 1.50 bits per heavy atom. The molecule has 0 unspecified atom stereocenters. The van der Waals surface area contributed by atoms with Gasteiger partial charge in [-0.05, 0) is 51.1 Å². The van der Waals surface area contributed by atoms with Crippen molar-refractivity contribution < 1.29 is 14.3 Å². The van der Waals surface area contributed by atoms with Crippen molar-refractivity contribution >= 4 is 40.8 Å². The summed E-state index contributed by atoms with van der Waals surface area (Å²) in [6.07, 6.45) is -0.962. The number of carbonyl (C=O) groups excluding carboxylic acids is 2. The first kappa shape index (κ1) is 18.3. The predicted molar refractivity (Wildman–Crippen MR) is 95.9 cm³/mol. The number of rotatable bonds is 4. The van der Waals surface area contributed by atoms with Crippen LogP contribution in [0.15, 0.2) is 36.4 Å². The van der Waals surface area contributed by atoms with Crippen molar-refractivity contribution in [3.63, 3.8) is 0 Å². The summed E-state index contributed by atoms with van der Waals surface area (Å²) >= 11 is 11.8. The number of benzene rings is 2. The van der Waals surface area contributed by atoms with Crippen molar-refractivity contribution in [1.82, 2.24) is 0 Å². The Morgan fingerprint density at radius 1 is 0.958 bits per heavy atom. The highest BCUT2D eigenvalue weighted by molar-refractivity contribution is 6.35. The number of anilines is 1. The predicted octanol–water partition coefficient (Wildman–Crippen LogP) is 4.79. The lowest BCUT2D eigenvalue weighted by Crippen LogP contribution is -2.30. The van der Waals surface area contributed by atoms with Crippen LogP contribution in [0.4, 0.5) is 5.69 Å². The summed E-state index contributed by atoms with van der Waals surface area (Å²) in [5.41, 5.74) is 2.75. The molecule has 0 heterocycles. The van der Waals surface area contributed by atoms with Gasteiger partial charge in [-0.15, -0.1) is 0 Å². The molecule has 6 heteroatoms. The van der Waals surface area contributed by atoms with E-state index in [-0.39, 0.29) is 0 Å². The number of amides is 1. The third-order valence-corrected chi connectivity index (χ3v) is 3.68. The van der Waals surface area contributed by atoms with Gasteiger partial charge in [0, 0.05) is 15.7 Å².